The summed E-state index contributed by atoms with van der Waals surface area (Å²) in [5.74, 6) is 2.10. The van der Waals surface area contributed by atoms with Crippen molar-refractivity contribution in [3.05, 3.63) is 35.6 Å². The Morgan fingerprint density at radius 1 is 1.47 bits per heavy atom. The van der Waals surface area contributed by atoms with Gasteiger partial charge in [-0.05, 0) is 24.1 Å². The average Bonchev–Trinajstić information content (AvgIpc) is 2.31. The summed E-state index contributed by atoms with van der Waals surface area (Å²) in [7, 11) is 0. The zero-order chi connectivity index (χ0) is 12.7. The first-order valence-corrected chi connectivity index (χ1v) is 5.65. The number of rotatable bonds is 5. The maximum absolute atomic E-state index is 12.7. The molecule has 0 aliphatic heterocycles. The lowest BCUT2D eigenvalue weighted by Gasteiger charge is -2.11. The molecule has 1 aromatic carbocycles. The summed E-state index contributed by atoms with van der Waals surface area (Å²) in [6.45, 7) is 2.01. The minimum atomic E-state index is -0.304. The van der Waals surface area contributed by atoms with E-state index in [2.05, 4.69) is 11.2 Å². The number of hydrogen-bond acceptors (Lipinski definition) is 1. The zero-order valence-corrected chi connectivity index (χ0v) is 9.87. The third-order valence-corrected chi connectivity index (χ3v) is 2.39. The summed E-state index contributed by atoms with van der Waals surface area (Å²) in [5, 5.41) is 2.76. The van der Waals surface area contributed by atoms with E-state index in [1.165, 1.54) is 12.1 Å². The maximum Gasteiger partial charge on any atom is 0.225 e. The number of amides is 1. The molecule has 0 saturated carbocycles. The van der Waals surface area contributed by atoms with E-state index in [-0.39, 0.29) is 24.2 Å². The minimum Gasteiger partial charge on any atom is -0.342 e. The van der Waals surface area contributed by atoms with Crippen LogP contribution in [0.2, 0.25) is 0 Å². The van der Waals surface area contributed by atoms with E-state index in [0.717, 1.165) is 18.4 Å². The molecule has 3 heteroatoms. The molecule has 0 unspecified atom stereocenters. The molecule has 0 radical (unpaired) electrons. The Labute approximate surface area is 101 Å². The van der Waals surface area contributed by atoms with Gasteiger partial charge in [0.2, 0.25) is 5.91 Å². The van der Waals surface area contributed by atoms with Gasteiger partial charge < -0.3 is 5.32 Å². The van der Waals surface area contributed by atoms with E-state index < -0.39 is 0 Å². The molecule has 0 aromatic heterocycles. The summed E-state index contributed by atoms with van der Waals surface area (Å²) in [5.41, 5.74) is 0.774. The molecule has 0 bridgehead atoms. The molecule has 90 valence electrons. The van der Waals surface area contributed by atoms with Crippen molar-refractivity contribution in [3.8, 4) is 12.3 Å². The van der Waals surface area contributed by atoms with Gasteiger partial charge in [-0.25, -0.2) is 4.39 Å². The molecule has 17 heavy (non-hydrogen) atoms. The molecule has 0 aliphatic rings. The van der Waals surface area contributed by atoms with Gasteiger partial charge in [-0.3, -0.25) is 4.79 Å². The second-order valence-corrected chi connectivity index (χ2v) is 3.88. The van der Waals surface area contributed by atoms with Crippen molar-refractivity contribution in [1.82, 2.24) is 5.32 Å². The Bertz CT molecular complexity index is 405. The zero-order valence-electron chi connectivity index (χ0n) is 9.87. The van der Waals surface area contributed by atoms with Crippen LogP contribution in [0.4, 0.5) is 4.39 Å². The molecule has 1 N–H and O–H groups in total. The maximum atomic E-state index is 12.7. The van der Waals surface area contributed by atoms with Crippen LogP contribution in [0.5, 0.6) is 0 Å². The first kappa shape index (κ1) is 13.2. The van der Waals surface area contributed by atoms with Crippen LogP contribution < -0.4 is 5.32 Å². The summed E-state index contributed by atoms with van der Waals surface area (Å²) in [4.78, 5) is 11.6. The smallest absolute Gasteiger partial charge is 0.225 e. The monoisotopic (exact) mass is 233 g/mol. The van der Waals surface area contributed by atoms with Crippen molar-refractivity contribution in [2.24, 2.45) is 0 Å². The molecule has 1 rings (SSSR count). The molecule has 0 aliphatic carbocycles. The van der Waals surface area contributed by atoms with E-state index >= 15 is 0 Å². The number of carbonyl (C=O) groups is 1. The highest BCUT2D eigenvalue weighted by atomic mass is 19.1. The van der Waals surface area contributed by atoms with E-state index in [0.29, 0.717) is 0 Å². The fraction of sp³-hybridized carbons (Fsp3) is 0.357. The van der Waals surface area contributed by atoms with Gasteiger partial charge in [0.1, 0.15) is 5.82 Å². The minimum absolute atomic E-state index is 0.131. The Balaban J connectivity index is 2.49. The number of carbonyl (C=O) groups excluding carboxylic acids is 1. The van der Waals surface area contributed by atoms with Crippen molar-refractivity contribution in [2.45, 2.75) is 32.2 Å². The third kappa shape index (κ3) is 4.69. The van der Waals surface area contributed by atoms with Crippen LogP contribution in [-0.2, 0) is 11.2 Å². The predicted molar refractivity (Wildman–Crippen MR) is 65.8 cm³/mol. The summed E-state index contributed by atoms with van der Waals surface area (Å²) in [6.07, 6.45) is 7.22. The van der Waals surface area contributed by atoms with Gasteiger partial charge in [-0.2, -0.15) is 0 Å². The van der Waals surface area contributed by atoms with Crippen molar-refractivity contribution in [2.75, 3.05) is 0 Å². The quantitative estimate of drug-likeness (QED) is 0.777. The van der Waals surface area contributed by atoms with Crippen LogP contribution in [0.1, 0.15) is 25.3 Å². The number of nitrogens with one attached hydrogen (secondary N) is 1. The Hall–Kier alpha value is -1.82. The topological polar surface area (TPSA) is 29.1 Å². The molecule has 0 heterocycles. The number of terminal acetylenes is 1. The number of benzene rings is 1. The van der Waals surface area contributed by atoms with Gasteiger partial charge in [0, 0.05) is 0 Å². The Morgan fingerprint density at radius 2 is 2.12 bits per heavy atom. The van der Waals surface area contributed by atoms with Crippen LogP contribution in [0.25, 0.3) is 0 Å². The highest BCUT2D eigenvalue weighted by molar-refractivity contribution is 5.79. The second-order valence-electron chi connectivity index (χ2n) is 3.88. The van der Waals surface area contributed by atoms with E-state index in [1.54, 1.807) is 12.1 Å². The molecule has 2 nitrogen and oxygen atoms in total. The summed E-state index contributed by atoms with van der Waals surface area (Å²) in [6, 6.07) is 5.66. The standard InChI is InChI=1S/C14H16FNO/c1-3-5-13(4-2)16-14(17)10-11-6-8-12(15)9-7-11/h2,6-9,13H,3,5,10H2,1H3,(H,16,17)/t13-/m1/s1. The van der Waals surface area contributed by atoms with Crippen molar-refractivity contribution in [3.63, 3.8) is 0 Å². The summed E-state index contributed by atoms with van der Waals surface area (Å²) < 4.78 is 12.7. The lowest BCUT2D eigenvalue weighted by molar-refractivity contribution is -0.120. The van der Waals surface area contributed by atoms with Gasteiger partial charge >= 0.3 is 0 Å². The average molecular weight is 233 g/mol. The lowest BCUT2D eigenvalue weighted by Crippen LogP contribution is -2.34. The normalized spacial score (nSPS) is 11.6. The van der Waals surface area contributed by atoms with Crippen molar-refractivity contribution in [1.29, 1.82) is 0 Å². The molecule has 1 aromatic rings. The molecule has 1 amide bonds. The van der Waals surface area contributed by atoms with E-state index in [1.807, 2.05) is 6.92 Å². The Morgan fingerprint density at radius 3 is 2.65 bits per heavy atom. The van der Waals surface area contributed by atoms with Gasteiger partial charge in [-0.1, -0.05) is 31.4 Å². The van der Waals surface area contributed by atoms with Crippen LogP contribution in [0.3, 0.4) is 0 Å². The van der Waals surface area contributed by atoms with Gasteiger partial charge in [-0.15, -0.1) is 6.42 Å². The fourth-order valence-electron chi connectivity index (χ4n) is 1.52. The summed E-state index contributed by atoms with van der Waals surface area (Å²) >= 11 is 0. The number of hydrogen-bond donors (Lipinski definition) is 1. The van der Waals surface area contributed by atoms with Crippen LogP contribution >= 0.6 is 0 Å². The van der Waals surface area contributed by atoms with Crippen molar-refractivity contribution >= 4 is 5.91 Å². The number of halogens is 1. The van der Waals surface area contributed by atoms with Gasteiger partial charge in [0.15, 0.2) is 0 Å². The molecule has 0 fully saturated rings. The fourth-order valence-corrected chi connectivity index (χ4v) is 1.52. The van der Waals surface area contributed by atoms with E-state index in [4.69, 9.17) is 6.42 Å². The molecule has 0 spiro atoms. The van der Waals surface area contributed by atoms with Crippen molar-refractivity contribution < 1.29 is 9.18 Å². The van der Waals surface area contributed by atoms with Crippen LogP contribution in [-0.4, -0.2) is 11.9 Å². The largest absolute Gasteiger partial charge is 0.342 e. The molecule has 0 saturated heterocycles. The van der Waals surface area contributed by atoms with Gasteiger partial charge in [0.25, 0.3) is 0 Å². The van der Waals surface area contributed by atoms with Crippen LogP contribution in [0, 0.1) is 18.2 Å². The molecule has 1 atom stereocenters. The third-order valence-electron chi connectivity index (χ3n) is 2.39. The highest BCUT2D eigenvalue weighted by Gasteiger charge is 2.09. The molecular formula is C14H16FNO. The van der Waals surface area contributed by atoms with E-state index in [9.17, 15) is 9.18 Å². The Kier molecular flexibility index (Phi) is 5.22. The van der Waals surface area contributed by atoms with Gasteiger partial charge in [0.05, 0.1) is 12.5 Å². The predicted octanol–water partition coefficient (Wildman–Crippen LogP) is 2.29. The van der Waals surface area contributed by atoms with Crippen LogP contribution in [0.15, 0.2) is 24.3 Å². The molecular weight excluding hydrogens is 217 g/mol. The SMILES string of the molecule is C#C[C@H](CCC)NC(=O)Cc1ccc(F)cc1. The first-order valence-electron chi connectivity index (χ1n) is 5.65. The first-order chi connectivity index (χ1) is 8.15. The highest BCUT2D eigenvalue weighted by Crippen LogP contribution is 2.04. The second kappa shape index (κ2) is 6.70. The lowest BCUT2D eigenvalue weighted by atomic mass is 10.1.